The number of hydrogen-bond acceptors (Lipinski definition) is 7. The van der Waals surface area contributed by atoms with Crippen LogP contribution in [0.5, 0.6) is 0 Å². The van der Waals surface area contributed by atoms with Gasteiger partial charge in [-0.3, -0.25) is 9.69 Å². The molecule has 1 aromatic carbocycles. The molecule has 12 heteroatoms. The monoisotopic (exact) mass is 532 g/mol. The molecule has 0 saturated carbocycles. The van der Waals surface area contributed by atoms with E-state index in [0.717, 1.165) is 5.56 Å². The summed E-state index contributed by atoms with van der Waals surface area (Å²) in [4.78, 5) is 28.6. The molecule has 0 bridgehead atoms. The number of alkyl halides is 2. The van der Waals surface area contributed by atoms with Crippen LogP contribution in [0.3, 0.4) is 0 Å². The van der Waals surface area contributed by atoms with Gasteiger partial charge < -0.3 is 25.0 Å². The highest BCUT2D eigenvalue weighted by molar-refractivity contribution is 6.43. The number of nitrogens with one attached hydrogen (secondary N) is 1. The van der Waals surface area contributed by atoms with E-state index in [-0.39, 0.29) is 44.0 Å². The van der Waals surface area contributed by atoms with Gasteiger partial charge in [-0.15, -0.1) is 0 Å². The maximum Gasteiger partial charge on any atom is 0.475 e. The van der Waals surface area contributed by atoms with Crippen LogP contribution in [0.1, 0.15) is 38.7 Å². The Morgan fingerprint density at radius 3 is 2.63 bits per heavy atom. The molecule has 2 atom stereocenters. The fraction of sp³-hybridized carbons (Fsp3) is 0.577. The van der Waals surface area contributed by atoms with Crippen LogP contribution >= 0.6 is 0 Å². The van der Waals surface area contributed by atoms with Crippen LogP contribution < -0.4 is 5.32 Å². The second-order valence-corrected chi connectivity index (χ2v) is 10.6. The van der Waals surface area contributed by atoms with E-state index in [9.17, 15) is 33.7 Å². The van der Waals surface area contributed by atoms with Gasteiger partial charge >= 0.3 is 13.2 Å². The van der Waals surface area contributed by atoms with E-state index in [1.807, 2.05) is 36.4 Å². The lowest BCUT2D eigenvalue weighted by atomic mass is 9.76. The zero-order valence-electron chi connectivity index (χ0n) is 21.8. The van der Waals surface area contributed by atoms with Crippen LogP contribution in [0.2, 0.25) is 0 Å². The zero-order chi connectivity index (χ0) is 27.9. The predicted octanol–water partition coefficient (Wildman–Crippen LogP) is 2.14. The number of carbonyl (C=O) groups excluding carboxylic acids is 2. The summed E-state index contributed by atoms with van der Waals surface area (Å²) in [5, 5.41) is 31.4. The van der Waals surface area contributed by atoms with Crippen LogP contribution in [0.15, 0.2) is 42.0 Å². The molecule has 2 amide bonds. The van der Waals surface area contributed by atoms with Gasteiger partial charge in [0.25, 0.3) is 11.8 Å². The van der Waals surface area contributed by atoms with E-state index >= 15 is 0 Å². The van der Waals surface area contributed by atoms with Crippen molar-refractivity contribution in [2.75, 3.05) is 32.8 Å². The molecule has 2 aliphatic rings. The van der Waals surface area contributed by atoms with Gasteiger partial charge in [-0.1, -0.05) is 30.3 Å². The van der Waals surface area contributed by atoms with Crippen molar-refractivity contribution in [3.8, 4) is 6.07 Å². The first-order valence-electron chi connectivity index (χ1n) is 12.8. The molecule has 3 N–H and O–H groups in total. The fourth-order valence-corrected chi connectivity index (χ4v) is 4.86. The fourth-order valence-electron chi connectivity index (χ4n) is 4.86. The van der Waals surface area contributed by atoms with Crippen molar-refractivity contribution in [2.45, 2.75) is 56.9 Å². The smallest absolute Gasteiger partial charge is 0.449 e. The maximum absolute atomic E-state index is 13.7. The number of ether oxygens (including phenoxy) is 1. The molecule has 2 saturated heterocycles. The largest absolute Gasteiger partial charge is 0.475 e. The second kappa shape index (κ2) is 12.7. The molecule has 9 nitrogen and oxygen atoms in total. The number of nitrogens with zero attached hydrogens (tertiary/aromatic N) is 3. The molecule has 3 rings (SSSR count). The number of amides is 2. The van der Waals surface area contributed by atoms with Crippen molar-refractivity contribution >= 4 is 19.1 Å². The Labute approximate surface area is 222 Å². The van der Waals surface area contributed by atoms with Gasteiger partial charge in [0.2, 0.25) is 0 Å². The number of piperidine rings is 1. The number of benzene rings is 1. The van der Waals surface area contributed by atoms with Crippen LogP contribution in [0.25, 0.3) is 0 Å². The number of halogens is 2. The van der Waals surface area contributed by atoms with E-state index in [1.165, 1.54) is 11.0 Å². The summed E-state index contributed by atoms with van der Waals surface area (Å²) in [5.74, 6) is -4.40. The molecule has 0 radical (unpaired) electrons. The number of nitriles is 1. The van der Waals surface area contributed by atoms with Gasteiger partial charge in [0.15, 0.2) is 0 Å². The quantitative estimate of drug-likeness (QED) is 0.253. The van der Waals surface area contributed by atoms with Gasteiger partial charge in [-0.05, 0) is 44.7 Å². The summed E-state index contributed by atoms with van der Waals surface area (Å²) in [5.41, 5.74) is -0.189. The first-order valence-corrected chi connectivity index (χ1v) is 12.8. The number of carbonyl (C=O) groups is 2. The normalized spacial score (nSPS) is 20.9. The number of likely N-dealkylation sites (tertiary alicyclic amines) is 2. The molecule has 0 aliphatic carbocycles. The van der Waals surface area contributed by atoms with Crippen molar-refractivity contribution in [1.29, 1.82) is 5.26 Å². The summed E-state index contributed by atoms with van der Waals surface area (Å²) in [6.45, 7) is 3.87. The molecule has 2 fully saturated rings. The Hall–Kier alpha value is -3.01. The Morgan fingerprint density at radius 2 is 2.03 bits per heavy atom. The molecule has 38 heavy (non-hydrogen) atoms. The summed E-state index contributed by atoms with van der Waals surface area (Å²) in [6, 6.07) is 11.0. The number of rotatable bonds is 9. The highest BCUT2D eigenvalue weighted by Gasteiger charge is 2.43. The van der Waals surface area contributed by atoms with E-state index in [1.54, 1.807) is 18.7 Å². The third-order valence-corrected chi connectivity index (χ3v) is 7.05. The second-order valence-electron chi connectivity index (χ2n) is 10.6. The van der Waals surface area contributed by atoms with Gasteiger partial charge in [0.1, 0.15) is 11.6 Å². The molecule has 2 aliphatic heterocycles. The van der Waals surface area contributed by atoms with Crippen molar-refractivity contribution in [2.24, 2.45) is 5.92 Å². The van der Waals surface area contributed by atoms with Crippen LogP contribution in [0.4, 0.5) is 13.6 Å². The van der Waals surface area contributed by atoms with Crippen molar-refractivity contribution in [3.05, 3.63) is 47.5 Å². The van der Waals surface area contributed by atoms with E-state index < -0.39 is 43.1 Å². The van der Waals surface area contributed by atoms with Crippen LogP contribution in [-0.2, 0) is 16.0 Å². The lowest BCUT2D eigenvalue weighted by molar-refractivity contribution is -0.128. The Bertz CT molecular complexity index is 1050. The van der Waals surface area contributed by atoms with Crippen LogP contribution in [0, 0.1) is 17.2 Å². The Morgan fingerprint density at radius 1 is 1.32 bits per heavy atom. The number of alkyl carbamates (subject to hydrolysis) is 1. The molecule has 0 unspecified atom stereocenters. The molecule has 0 aromatic heterocycles. The van der Waals surface area contributed by atoms with E-state index in [0.29, 0.717) is 19.4 Å². The summed E-state index contributed by atoms with van der Waals surface area (Å²) in [7, 11) is -1.78. The highest BCUT2D eigenvalue weighted by Crippen LogP contribution is 2.33. The van der Waals surface area contributed by atoms with Crippen LogP contribution in [-0.4, -0.2) is 89.2 Å². The van der Waals surface area contributed by atoms with Crippen molar-refractivity contribution in [1.82, 2.24) is 15.1 Å². The number of hydrogen-bond donors (Lipinski definition) is 3. The van der Waals surface area contributed by atoms with E-state index in [4.69, 9.17) is 4.74 Å². The highest BCUT2D eigenvalue weighted by atomic mass is 19.3. The molecule has 2 heterocycles. The molecule has 1 aromatic rings. The maximum atomic E-state index is 13.7. The summed E-state index contributed by atoms with van der Waals surface area (Å²) >= 11 is 0. The molecule has 206 valence electrons. The summed E-state index contributed by atoms with van der Waals surface area (Å²) < 4.78 is 32.7. The van der Waals surface area contributed by atoms with Crippen molar-refractivity contribution in [3.63, 3.8) is 0 Å². The first-order chi connectivity index (χ1) is 17.9. The molecular weight excluding hydrogens is 497 g/mol. The average Bonchev–Trinajstić information content (AvgIpc) is 3.26. The lowest BCUT2D eigenvalue weighted by Gasteiger charge is -2.35. The van der Waals surface area contributed by atoms with Gasteiger partial charge in [-0.25, -0.2) is 13.6 Å². The minimum Gasteiger partial charge on any atom is -0.449 e. The standard InChI is InChI=1S/C26H35BF2N4O5/c1-25(2,33-12-10-26(28,29)18-33)14-21(15-30)23(34)32-11-6-9-20(16-32)17-38-24(35)31-22(27(36)37)13-19-7-4-3-5-8-19/h3-5,7-8,14,20,22,36-37H,6,9-13,16-18H2,1-2H3,(H,31,35)/b21-14+/t20-,22-/m0/s1. The first kappa shape index (κ1) is 29.5. The molecule has 0 spiro atoms. The average molecular weight is 532 g/mol. The van der Waals surface area contributed by atoms with E-state index in [2.05, 4.69) is 5.32 Å². The topological polar surface area (TPSA) is 126 Å². The van der Waals surface area contributed by atoms with Gasteiger partial charge in [-0.2, -0.15) is 5.26 Å². The van der Waals surface area contributed by atoms with Gasteiger partial charge in [0, 0.05) is 37.5 Å². The van der Waals surface area contributed by atoms with Crippen molar-refractivity contribution < 1.29 is 33.2 Å². The third-order valence-electron chi connectivity index (χ3n) is 7.05. The molecular formula is C26H35BF2N4O5. The Kier molecular flexibility index (Phi) is 9.87. The SMILES string of the molecule is CC(C)(/C=C(\C#N)C(=O)N1CCC[C@H](COC(=O)N[C@@H](Cc2ccccc2)B(O)O)C1)N1CCC(F)(F)C1. The lowest BCUT2D eigenvalue weighted by Crippen LogP contribution is -2.48. The third kappa shape index (κ3) is 8.25. The summed E-state index contributed by atoms with van der Waals surface area (Å²) in [6.07, 6.45) is 1.95. The minimum atomic E-state index is -2.79. The minimum absolute atomic E-state index is 0.00908. The zero-order valence-corrected chi connectivity index (χ0v) is 21.8. The van der Waals surface area contributed by atoms with Gasteiger partial charge in [0.05, 0.1) is 19.1 Å². The Balaban J connectivity index is 1.54. The predicted molar refractivity (Wildman–Crippen MR) is 137 cm³/mol.